The van der Waals surface area contributed by atoms with Gasteiger partial charge >= 0.3 is 11.9 Å². The molecule has 4 nitrogen and oxygen atoms in total. The summed E-state index contributed by atoms with van der Waals surface area (Å²) in [6.07, 6.45) is 6.52. The van der Waals surface area contributed by atoms with Gasteiger partial charge in [0.1, 0.15) is 11.7 Å². The highest BCUT2D eigenvalue weighted by Crippen LogP contribution is 2.48. The number of carbonyl (C=O) groups is 2. The highest BCUT2D eigenvalue weighted by molar-refractivity contribution is 5.87. The summed E-state index contributed by atoms with van der Waals surface area (Å²) < 4.78 is 11.7. The number of esters is 2. The van der Waals surface area contributed by atoms with Gasteiger partial charge in [0, 0.05) is 11.5 Å². The third kappa shape index (κ3) is 3.96. The van der Waals surface area contributed by atoms with Crippen LogP contribution in [0.3, 0.4) is 0 Å². The molecule has 0 spiro atoms. The molecule has 2 rings (SSSR count). The van der Waals surface area contributed by atoms with E-state index in [0.29, 0.717) is 5.57 Å². The van der Waals surface area contributed by atoms with E-state index in [-0.39, 0.29) is 24.0 Å². The van der Waals surface area contributed by atoms with E-state index in [1.165, 1.54) is 0 Å². The van der Waals surface area contributed by atoms with Gasteiger partial charge in [-0.25, -0.2) is 4.79 Å². The van der Waals surface area contributed by atoms with Gasteiger partial charge in [-0.05, 0) is 72.6 Å². The second-order valence-electron chi connectivity index (χ2n) is 8.17. The summed E-state index contributed by atoms with van der Waals surface area (Å²) in [7, 11) is 0. The number of carbonyl (C=O) groups excluding carboxylic acids is 2. The van der Waals surface area contributed by atoms with E-state index in [1.807, 2.05) is 20.8 Å². The Morgan fingerprint density at radius 1 is 1.09 bits per heavy atom. The normalized spacial score (nSPS) is 26.8. The van der Waals surface area contributed by atoms with Crippen molar-refractivity contribution >= 4 is 11.9 Å². The Bertz CT molecular complexity index is 480. The van der Waals surface area contributed by atoms with Gasteiger partial charge in [0.15, 0.2) is 0 Å². The van der Waals surface area contributed by atoms with Crippen molar-refractivity contribution in [3.05, 3.63) is 12.2 Å². The number of hydrogen-bond acceptors (Lipinski definition) is 4. The van der Waals surface area contributed by atoms with E-state index in [0.717, 1.165) is 44.9 Å². The van der Waals surface area contributed by atoms with Gasteiger partial charge in [-0.15, -0.1) is 0 Å². The van der Waals surface area contributed by atoms with Crippen molar-refractivity contribution in [2.45, 2.75) is 84.3 Å². The molecule has 0 saturated heterocycles. The molecule has 4 heteroatoms. The van der Waals surface area contributed by atoms with E-state index in [1.54, 1.807) is 6.92 Å². The SMILES string of the molecule is C=C(C)C(=O)OC1(C2CCCC2OC(=O)C(C)(C)C)CCCC1. The van der Waals surface area contributed by atoms with Crippen molar-refractivity contribution in [2.24, 2.45) is 11.3 Å². The summed E-state index contributed by atoms with van der Waals surface area (Å²) in [6.45, 7) is 11.0. The average Bonchev–Trinajstić information content (AvgIpc) is 3.07. The number of rotatable bonds is 4. The fraction of sp³-hybridized carbons (Fsp3) is 0.789. The molecule has 0 aromatic carbocycles. The summed E-state index contributed by atoms with van der Waals surface area (Å²) in [4.78, 5) is 24.4. The zero-order valence-electron chi connectivity index (χ0n) is 14.9. The van der Waals surface area contributed by atoms with Crippen LogP contribution in [0.2, 0.25) is 0 Å². The monoisotopic (exact) mass is 322 g/mol. The molecule has 23 heavy (non-hydrogen) atoms. The molecule has 130 valence electrons. The van der Waals surface area contributed by atoms with Crippen molar-refractivity contribution in [3.8, 4) is 0 Å². The minimum atomic E-state index is -0.510. The highest BCUT2D eigenvalue weighted by Gasteiger charge is 2.51. The van der Waals surface area contributed by atoms with Crippen LogP contribution in [-0.2, 0) is 19.1 Å². The van der Waals surface area contributed by atoms with Crippen LogP contribution in [0.4, 0.5) is 0 Å². The number of hydrogen-bond donors (Lipinski definition) is 0. The van der Waals surface area contributed by atoms with E-state index in [4.69, 9.17) is 9.47 Å². The summed E-state index contributed by atoms with van der Waals surface area (Å²) in [5, 5.41) is 0. The van der Waals surface area contributed by atoms with Crippen LogP contribution in [0.25, 0.3) is 0 Å². The maximum Gasteiger partial charge on any atom is 0.333 e. The maximum atomic E-state index is 12.3. The van der Waals surface area contributed by atoms with Gasteiger partial charge in [0.2, 0.25) is 0 Å². The summed E-state index contributed by atoms with van der Waals surface area (Å²) in [6, 6.07) is 0. The molecule has 0 amide bonds. The third-order valence-electron chi connectivity index (χ3n) is 5.09. The topological polar surface area (TPSA) is 52.6 Å². The molecule has 0 aromatic heterocycles. The molecular formula is C19H30O4. The molecule has 0 aliphatic heterocycles. The molecule has 0 bridgehead atoms. The number of ether oxygens (including phenoxy) is 2. The molecule has 2 aliphatic carbocycles. The summed E-state index contributed by atoms with van der Waals surface area (Å²) >= 11 is 0. The van der Waals surface area contributed by atoms with Crippen molar-refractivity contribution in [1.82, 2.24) is 0 Å². The Morgan fingerprint density at radius 3 is 2.22 bits per heavy atom. The molecule has 0 heterocycles. The molecule has 0 aromatic rings. The lowest BCUT2D eigenvalue weighted by Gasteiger charge is -2.38. The predicted octanol–water partition coefficient (Wildman–Crippen LogP) is 4.18. The molecule has 0 N–H and O–H groups in total. The first kappa shape index (κ1) is 18.0. The fourth-order valence-electron chi connectivity index (χ4n) is 3.78. The summed E-state index contributed by atoms with van der Waals surface area (Å²) in [5.41, 5.74) is -0.558. The maximum absolute atomic E-state index is 12.3. The molecule has 0 radical (unpaired) electrons. The van der Waals surface area contributed by atoms with Gasteiger partial charge in [0.05, 0.1) is 5.41 Å². The predicted molar refractivity (Wildman–Crippen MR) is 88.8 cm³/mol. The van der Waals surface area contributed by atoms with Crippen LogP contribution in [0.5, 0.6) is 0 Å². The van der Waals surface area contributed by atoms with Crippen LogP contribution in [-0.4, -0.2) is 23.6 Å². The Balaban J connectivity index is 2.16. The van der Waals surface area contributed by atoms with Crippen LogP contribution in [0.15, 0.2) is 12.2 Å². The minimum Gasteiger partial charge on any atom is -0.462 e. The second-order valence-corrected chi connectivity index (χ2v) is 8.17. The standard InChI is InChI=1S/C19H30O4/c1-13(2)16(20)23-19(11-6-7-12-19)14-9-8-10-15(14)22-17(21)18(3,4)5/h14-15H,1,6-12H2,2-5H3. The van der Waals surface area contributed by atoms with E-state index in [2.05, 4.69) is 6.58 Å². The van der Waals surface area contributed by atoms with E-state index < -0.39 is 11.0 Å². The van der Waals surface area contributed by atoms with Crippen LogP contribution >= 0.6 is 0 Å². The first-order valence-electron chi connectivity index (χ1n) is 8.76. The van der Waals surface area contributed by atoms with Gasteiger partial charge < -0.3 is 9.47 Å². The quantitative estimate of drug-likeness (QED) is 0.575. The minimum absolute atomic E-state index is 0.111. The Labute approximate surface area is 139 Å². The molecule has 2 aliphatic rings. The molecule has 2 saturated carbocycles. The van der Waals surface area contributed by atoms with Crippen LogP contribution in [0, 0.1) is 11.3 Å². The smallest absolute Gasteiger partial charge is 0.333 e. The van der Waals surface area contributed by atoms with Crippen molar-refractivity contribution < 1.29 is 19.1 Å². The van der Waals surface area contributed by atoms with Gasteiger partial charge in [-0.1, -0.05) is 6.58 Å². The van der Waals surface area contributed by atoms with Gasteiger partial charge in [-0.2, -0.15) is 0 Å². The average molecular weight is 322 g/mol. The van der Waals surface area contributed by atoms with Crippen LogP contribution < -0.4 is 0 Å². The lowest BCUT2D eigenvalue weighted by Crippen LogP contribution is -2.45. The first-order valence-corrected chi connectivity index (χ1v) is 8.76. The lowest BCUT2D eigenvalue weighted by atomic mass is 9.82. The third-order valence-corrected chi connectivity index (χ3v) is 5.09. The highest BCUT2D eigenvalue weighted by atomic mass is 16.6. The first-order chi connectivity index (χ1) is 10.7. The van der Waals surface area contributed by atoms with E-state index >= 15 is 0 Å². The Hall–Kier alpha value is -1.32. The summed E-state index contributed by atoms with van der Waals surface area (Å²) in [5.74, 6) is -0.381. The Kier molecular flexibility index (Phi) is 5.22. The second kappa shape index (κ2) is 6.66. The fourth-order valence-corrected chi connectivity index (χ4v) is 3.78. The van der Waals surface area contributed by atoms with Crippen LogP contribution in [0.1, 0.15) is 72.6 Å². The van der Waals surface area contributed by atoms with E-state index in [9.17, 15) is 9.59 Å². The molecule has 2 atom stereocenters. The Morgan fingerprint density at radius 2 is 1.70 bits per heavy atom. The zero-order valence-corrected chi connectivity index (χ0v) is 14.9. The van der Waals surface area contributed by atoms with Crippen molar-refractivity contribution in [2.75, 3.05) is 0 Å². The molecule has 2 fully saturated rings. The van der Waals surface area contributed by atoms with Gasteiger partial charge in [0.25, 0.3) is 0 Å². The van der Waals surface area contributed by atoms with Crippen molar-refractivity contribution in [3.63, 3.8) is 0 Å². The zero-order chi connectivity index (χ0) is 17.3. The van der Waals surface area contributed by atoms with Crippen molar-refractivity contribution in [1.29, 1.82) is 0 Å². The largest absolute Gasteiger partial charge is 0.462 e. The molecular weight excluding hydrogens is 292 g/mol. The van der Waals surface area contributed by atoms with Gasteiger partial charge in [-0.3, -0.25) is 4.79 Å². The molecule has 2 unspecified atom stereocenters. The lowest BCUT2D eigenvalue weighted by molar-refractivity contribution is -0.175.